The second-order valence-corrected chi connectivity index (χ2v) is 10.1. The highest BCUT2D eigenvalue weighted by Crippen LogP contribution is 2.60. The molecule has 6 rings (SSSR count). The molecule has 0 aromatic heterocycles. The van der Waals surface area contributed by atoms with Gasteiger partial charge in [-0.1, -0.05) is 37.0 Å². The standard InChI is InChI=1S/C22H26Cl2O6/c1-11-4-7-16-12(2)19(26-18(25)14-6-5-13(23)10-17(14)24)27-20-22(16)15(11)8-9-21(3,28-20)29-30-22/h5-6,10-12,15-16,19-20H,4,7-9H2,1-3H3/t11-,12+,15+,16-,19-,20-,21-,22-/m1/s1. The van der Waals surface area contributed by atoms with Crippen molar-refractivity contribution < 1.29 is 28.8 Å². The van der Waals surface area contributed by atoms with E-state index in [2.05, 4.69) is 6.92 Å². The van der Waals surface area contributed by atoms with Crippen LogP contribution in [0.25, 0.3) is 0 Å². The van der Waals surface area contributed by atoms with Crippen LogP contribution in [0.15, 0.2) is 18.2 Å². The van der Waals surface area contributed by atoms with E-state index in [1.54, 1.807) is 12.1 Å². The molecule has 4 aliphatic heterocycles. The molecular weight excluding hydrogens is 431 g/mol. The molecular formula is C22H26Cl2O6. The number of esters is 1. The van der Waals surface area contributed by atoms with Crippen LogP contribution in [0.2, 0.25) is 10.0 Å². The second-order valence-electron chi connectivity index (χ2n) is 9.30. The van der Waals surface area contributed by atoms with Crippen molar-refractivity contribution in [1.29, 1.82) is 0 Å². The van der Waals surface area contributed by atoms with E-state index in [4.69, 9.17) is 47.2 Å². The number of carbonyl (C=O) groups is 1. The molecule has 0 unspecified atom stereocenters. The highest BCUT2D eigenvalue weighted by atomic mass is 35.5. The number of halogens is 2. The predicted octanol–water partition coefficient (Wildman–Crippen LogP) is 5.36. The quantitative estimate of drug-likeness (QED) is 0.440. The highest BCUT2D eigenvalue weighted by Gasteiger charge is 2.69. The Morgan fingerprint density at radius 3 is 2.70 bits per heavy atom. The minimum atomic E-state index is -0.869. The summed E-state index contributed by atoms with van der Waals surface area (Å²) < 4.78 is 18.3. The fourth-order valence-electron chi connectivity index (χ4n) is 5.83. The van der Waals surface area contributed by atoms with Crippen molar-refractivity contribution in [2.75, 3.05) is 0 Å². The summed E-state index contributed by atoms with van der Waals surface area (Å²) in [5.41, 5.74) is -0.435. The maximum atomic E-state index is 12.8. The zero-order valence-corrected chi connectivity index (χ0v) is 18.7. The monoisotopic (exact) mass is 456 g/mol. The summed E-state index contributed by atoms with van der Waals surface area (Å²) in [5, 5.41) is 0.699. The van der Waals surface area contributed by atoms with Crippen LogP contribution < -0.4 is 0 Å². The van der Waals surface area contributed by atoms with Crippen LogP contribution in [0.3, 0.4) is 0 Å². The smallest absolute Gasteiger partial charge is 0.341 e. The fraction of sp³-hybridized carbons (Fsp3) is 0.682. The summed E-state index contributed by atoms with van der Waals surface area (Å²) in [4.78, 5) is 24.7. The summed E-state index contributed by atoms with van der Waals surface area (Å²) in [6.45, 7) is 6.16. The predicted molar refractivity (Wildman–Crippen MR) is 109 cm³/mol. The minimum absolute atomic E-state index is 0.0820. The first-order valence-corrected chi connectivity index (χ1v) is 11.4. The van der Waals surface area contributed by atoms with E-state index >= 15 is 0 Å². The molecule has 5 fully saturated rings. The van der Waals surface area contributed by atoms with Gasteiger partial charge in [-0.25, -0.2) is 14.6 Å². The van der Waals surface area contributed by atoms with Gasteiger partial charge in [0.25, 0.3) is 0 Å². The third-order valence-electron chi connectivity index (χ3n) is 7.47. The SMILES string of the molecule is C[C@@H]1[C@H](OC(=O)c2ccc(Cl)cc2Cl)O[C@@H]2O[C@@]3(C)CC[C@H]4[C@H](C)CC[C@H]1[C@@]24OO3. The lowest BCUT2D eigenvalue weighted by Crippen LogP contribution is -2.70. The Balaban J connectivity index is 1.45. The summed E-state index contributed by atoms with van der Waals surface area (Å²) >= 11 is 12.1. The lowest BCUT2D eigenvalue weighted by atomic mass is 9.58. The van der Waals surface area contributed by atoms with Gasteiger partial charge >= 0.3 is 5.97 Å². The van der Waals surface area contributed by atoms with E-state index in [-0.39, 0.29) is 28.3 Å². The van der Waals surface area contributed by atoms with Crippen LogP contribution in [-0.2, 0) is 24.0 Å². The van der Waals surface area contributed by atoms with Crippen LogP contribution in [0.4, 0.5) is 0 Å². The molecule has 0 N–H and O–H groups in total. The molecule has 30 heavy (non-hydrogen) atoms. The molecule has 8 heteroatoms. The van der Waals surface area contributed by atoms with E-state index in [0.29, 0.717) is 10.9 Å². The largest absolute Gasteiger partial charge is 0.432 e. The van der Waals surface area contributed by atoms with Crippen LogP contribution >= 0.6 is 23.2 Å². The van der Waals surface area contributed by atoms with Gasteiger partial charge in [-0.15, -0.1) is 0 Å². The number of hydrogen-bond acceptors (Lipinski definition) is 6. The van der Waals surface area contributed by atoms with Crippen molar-refractivity contribution >= 4 is 29.2 Å². The number of benzene rings is 1. The lowest BCUT2D eigenvalue weighted by molar-refractivity contribution is -0.576. The van der Waals surface area contributed by atoms with E-state index in [1.165, 1.54) is 6.07 Å². The molecule has 164 valence electrons. The molecule has 1 aromatic carbocycles. The maximum Gasteiger partial charge on any atom is 0.341 e. The normalized spacial score (nSPS) is 44.8. The van der Waals surface area contributed by atoms with E-state index in [0.717, 1.165) is 25.7 Å². The molecule has 8 atom stereocenters. The van der Waals surface area contributed by atoms with E-state index < -0.39 is 29.9 Å². The summed E-state index contributed by atoms with van der Waals surface area (Å²) in [7, 11) is 0. The van der Waals surface area contributed by atoms with Crippen molar-refractivity contribution in [1.82, 2.24) is 0 Å². The van der Waals surface area contributed by atoms with Crippen molar-refractivity contribution in [3.63, 3.8) is 0 Å². The number of rotatable bonds is 2. The molecule has 1 saturated carbocycles. The number of hydrogen-bond donors (Lipinski definition) is 0. The molecule has 6 nitrogen and oxygen atoms in total. The first-order valence-electron chi connectivity index (χ1n) is 10.6. The Labute approximate surface area is 186 Å². The number of carbonyl (C=O) groups excluding carboxylic acids is 1. The summed E-state index contributed by atoms with van der Waals surface area (Å²) in [6.07, 6.45) is 2.26. The Morgan fingerprint density at radius 1 is 1.13 bits per heavy atom. The fourth-order valence-corrected chi connectivity index (χ4v) is 6.32. The summed E-state index contributed by atoms with van der Waals surface area (Å²) in [6, 6.07) is 4.69. The van der Waals surface area contributed by atoms with E-state index in [9.17, 15) is 4.79 Å². The van der Waals surface area contributed by atoms with Gasteiger partial charge in [0.15, 0.2) is 11.9 Å². The molecule has 5 aliphatic rings. The van der Waals surface area contributed by atoms with Gasteiger partial charge < -0.3 is 14.2 Å². The van der Waals surface area contributed by atoms with Gasteiger partial charge in [-0.3, -0.25) is 0 Å². The summed E-state index contributed by atoms with van der Waals surface area (Å²) in [5.74, 6) is -0.701. The highest BCUT2D eigenvalue weighted by molar-refractivity contribution is 6.36. The Kier molecular flexibility index (Phi) is 5.12. The van der Waals surface area contributed by atoms with Gasteiger partial charge in [-0.05, 0) is 56.2 Å². The Bertz CT molecular complexity index is 864. The molecule has 0 amide bonds. The molecule has 4 heterocycles. The van der Waals surface area contributed by atoms with Crippen LogP contribution in [0.5, 0.6) is 0 Å². The zero-order chi connectivity index (χ0) is 21.3. The molecule has 1 spiro atoms. The van der Waals surface area contributed by atoms with Gasteiger partial charge in [0.05, 0.1) is 10.6 Å². The molecule has 1 aliphatic carbocycles. The van der Waals surface area contributed by atoms with Gasteiger partial charge in [-0.2, -0.15) is 0 Å². The van der Waals surface area contributed by atoms with Crippen molar-refractivity contribution in [3.05, 3.63) is 33.8 Å². The van der Waals surface area contributed by atoms with Crippen molar-refractivity contribution in [2.24, 2.45) is 23.7 Å². The van der Waals surface area contributed by atoms with Gasteiger partial charge in [0.1, 0.15) is 0 Å². The Hall–Kier alpha value is -0.890. The zero-order valence-electron chi connectivity index (χ0n) is 17.2. The average Bonchev–Trinajstić information content (AvgIpc) is 2.92. The van der Waals surface area contributed by atoms with Gasteiger partial charge in [0.2, 0.25) is 12.1 Å². The molecule has 2 bridgehead atoms. The number of fused-ring (bicyclic) bond motifs is 2. The minimum Gasteiger partial charge on any atom is -0.432 e. The lowest BCUT2D eigenvalue weighted by Gasteiger charge is -2.59. The second kappa shape index (κ2) is 7.32. The van der Waals surface area contributed by atoms with Crippen LogP contribution in [-0.4, -0.2) is 29.9 Å². The van der Waals surface area contributed by atoms with Gasteiger partial charge in [0, 0.05) is 23.3 Å². The van der Waals surface area contributed by atoms with Crippen LogP contribution in [0, 0.1) is 23.7 Å². The molecule has 4 saturated heterocycles. The van der Waals surface area contributed by atoms with Crippen LogP contribution in [0.1, 0.15) is 56.8 Å². The first-order chi connectivity index (χ1) is 14.2. The first kappa shape index (κ1) is 21.0. The van der Waals surface area contributed by atoms with Crippen molar-refractivity contribution in [3.8, 4) is 0 Å². The Morgan fingerprint density at radius 2 is 1.93 bits per heavy atom. The average molecular weight is 457 g/mol. The molecule has 1 aromatic rings. The maximum absolute atomic E-state index is 12.8. The van der Waals surface area contributed by atoms with E-state index in [1.807, 2.05) is 13.8 Å². The third-order valence-corrected chi connectivity index (χ3v) is 8.02. The number of ether oxygens (including phenoxy) is 3. The topological polar surface area (TPSA) is 63.2 Å². The molecule has 0 radical (unpaired) electrons. The third kappa shape index (κ3) is 3.11. The van der Waals surface area contributed by atoms with Crippen molar-refractivity contribution in [2.45, 2.75) is 70.4 Å².